The van der Waals surface area contributed by atoms with Crippen molar-refractivity contribution in [2.45, 2.75) is 33.2 Å². The van der Waals surface area contributed by atoms with Gasteiger partial charge in [-0.2, -0.15) is 15.0 Å². The number of nitrogens with one attached hydrogen (secondary N) is 1. The quantitative estimate of drug-likeness (QED) is 0.846. The van der Waals surface area contributed by atoms with Crippen molar-refractivity contribution >= 4 is 11.9 Å². The molecule has 0 aliphatic carbocycles. The monoisotopic (exact) mass is 294 g/mol. The van der Waals surface area contributed by atoms with E-state index >= 15 is 0 Å². The Morgan fingerprint density at radius 3 is 2.43 bits per heavy atom. The average molecular weight is 294 g/mol. The lowest BCUT2D eigenvalue weighted by Gasteiger charge is -2.36. The van der Waals surface area contributed by atoms with Crippen molar-refractivity contribution in [2.75, 3.05) is 50.1 Å². The summed E-state index contributed by atoms with van der Waals surface area (Å²) in [5.41, 5.74) is 0. The van der Waals surface area contributed by atoms with Crippen molar-refractivity contribution in [3.8, 4) is 6.01 Å². The van der Waals surface area contributed by atoms with E-state index in [1.165, 1.54) is 0 Å². The van der Waals surface area contributed by atoms with Gasteiger partial charge in [0.25, 0.3) is 0 Å². The Morgan fingerprint density at radius 1 is 1.14 bits per heavy atom. The maximum atomic E-state index is 5.19. The maximum Gasteiger partial charge on any atom is 0.322 e. The summed E-state index contributed by atoms with van der Waals surface area (Å²) in [5, 5.41) is 3.20. The Morgan fingerprint density at radius 2 is 1.86 bits per heavy atom. The number of piperazine rings is 1. The lowest BCUT2D eigenvalue weighted by Crippen LogP contribution is -2.49. The van der Waals surface area contributed by atoms with Crippen LogP contribution in [0.4, 0.5) is 11.9 Å². The first kappa shape index (κ1) is 15.8. The number of hydrogen-bond donors (Lipinski definition) is 1. The Labute approximate surface area is 126 Å². The van der Waals surface area contributed by atoms with Gasteiger partial charge in [-0.3, -0.25) is 4.90 Å². The molecular formula is C14H26N6O. The number of rotatable bonds is 6. The van der Waals surface area contributed by atoms with Crippen LogP contribution < -0.4 is 15.0 Å². The fourth-order valence-electron chi connectivity index (χ4n) is 2.33. The summed E-state index contributed by atoms with van der Waals surface area (Å²) in [6, 6.07) is 0.951. The van der Waals surface area contributed by atoms with Crippen LogP contribution in [0.1, 0.15) is 27.2 Å². The van der Waals surface area contributed by atoms with Crippen LogP contribution in [-0.2, 0) is 0 Å². The van der Waals surface area contributed by atoms with E-state index in [2.05, 4.69) is 50.8 Å². The largest absolute Gasteiger partial charge is 0.467 e. The van der Waals surface area contributed by atoms with Crippen LogP contribution in [0.2, 0.25) is 0 Å². The molecule has 1 N–H and O–H groups in total. The summed E-state index contributed by atoms with van der Waals surface area (Å²) >= 11 is 0. The number of hydrogen-bond acceptors (Lipinski definition) is 7. The zero-order valence-electron chi connectivity index (χ0n) is 13.5. The van der Waals surface area contributed by atoms with E-state index in [4.69, 9.17) is 4.74 Å². The molecule has 118 valence electrons. The Kier molecular flexibility index (Phi) is 5.55. The van der Waals surface area contributed by atoms with Crippen molar-refractivity contribution in [2.24, 2.45) is 0 Å². The SMILES string of the molecule is CCCNc1nc(OC)nc(N2CCN(C(C)C)CC2)n1. The molecule has 7 nitrogen and oxygen atoms in total. The minimum absolute atomic E-state index is 0.366. The number of anilines is 2. The standard InChI is InChI=1S/C14H26N6O/c1-5-6-15-12-16-13(18-14(17-12)21-4)20-9-7-19(8-10-20)11(2)3/h11H,5-10H2,1-4H3,(H,15,16,17,18). The second-order valence-electron chi connectivity index (χ2n) is 5.49. The van der Waals surface area contributed by atoms with Crippen LogP contribution in [0.25, 0.3) is 0 Å². The van der Waals surface area contributed by atoms with E-state index in [0.29, 0.717) is 23.9 Å². The molecule has 1 aliphatic heterocycles. The number of methoxy groups -OCH3 is 1. The highest BCUT2D eigenvalue weighted by molar-refractivity contribution is 5.38. The second kappa shape index (κ2) is 7.40. The van der Waals surface area contributed by atoms with E-state index in [0.717, 1.165) is 39.1 Å². The van der Waals surface area contributed by atoms with Crippen molar-refractivity contribution in [3.63, 3.8) is 0 Å². The summed E-state index contributed by atoms with van der Waals surface area (Å²) in [7, 11) is 1.58. The molecule has 1 aliphatic rings. The van der Waals surface area contributed by atoms with Gasteiger partial charge in [0, 0.05) is 38.8 Å². The van der Waals surface area contributed by atoms with Gasteiger partial charge in [-0.25, -0.2) is 0 Å². The first-order valence-electron chi connectivity index (χ1n) is 7.67. The highest BCUT2D eigenvalue weighted by Crippen LogP contribution is 2.17. The maximum absolute atomic E-state index is 5.19. The Hall–Kier alpha value is -1.63. The van der Waals surface area contributed by atoms with Crippen LogP contribution >= 0.6 is 0 Å². The third kappa shape index (κ3) is 4.17. The molecule has 21 heavy (non-hydrogen) atoms. The zero-order valence-corrected chi connectivity index (χ0v) is 13.5. The van der Waals surface area contributed by atoms with E-state index in [9.17, 15) is 0 Å². The molecule has 0 atom stereocenters. The lowest BCUT2D eigenvalue weighted by atomic mass is 10.2. The van der Waals surface area contributed by atoms with Gasteiger partial charge >= 0.3 is 6.01 Å². The molecule has 2 rings (SSSR count). The molecular weight excluding hydrogens is 268 g/mol. The average Bonchev–Trinajstić information content (AvgIpc) is 2.52. The first-order chi connectivity index (χ1) is 10.1. The van der Waals surface area contributed by atoms with Crippen LogP contribution in [0.15, 0.2) is 0 Å². The predicted octanol–water partition coefficient (Wildman–Crippen LogP) is 1.23. The van der Waals surface area contributed by atoms with Gasteiger partial charge < -0.3 is 15.0 Å². The van der Waals surface area contributed by atoms with Crippen LogP contribution in [0, 0.1) is 0 Å². The molecule has 0 unspecified atom stereocenters. The van der Waals surface area contributed by atoms with Gasteiger partial charge in [-0.05, 0) is 20.3 Å². The Balaban J connectivity index is 2.08. The van der Waals surface area contributed by atoms with Gasteiger partial charge in [0.05, 0.1) is 7.11 Å². The predicted molar refractivity (Wildman–Crippen MR) is 84.1 cm³/mol. The summed E-state index contributed by atoms with van der Waals surface area (Å²) in [6.07, 6.45) is 1.02. The molecule has 0 amide bonds. The van der Waals surface area contributed by atoms with Gasteiger partial charge in [0.2, 0.25) is 11.9 Å². The van der Waals surface area contributed by atoms with Crippen LogP contribution in [-0.4, -0.2) is 65.7 Å². The normalized spacial score (nSPS) is 16.3. The zero-order chi connectivity index (χ0) is 15.2. The lowest BCUT2D eigenvalue weighted by molar-refractivity contribution is 0.208. The van der Waals surface area contributed by atoms with Crippen molar-refractivity contribution in [1.29, 1.82) is 0 Å². The summed E-state index contributed by atoms with van der Waals surface area (Å²) in [5.74, 6) is 1.29. The Bertz CT molecular complexity index is 445. The van der Waals surface area contributed by atoms with E-state index in [1.807, 2.05) is 0 Å². The van der Waals surface area contributed by atoms with Crippen molar-refractivity contribution in [3.05, 3.63) is 0 Å². The minimum Gasteiger partial charge on any atom is -0.467 e. The van der Waals surface area contributed by atoms with Gasteiger partial charge in [0.15, 0.2) is 0 Å². The number of nitrogens with zero attached hydrogens (tertiary/aromatic N) is 5. The fourth-order valence-corrected chi connectivity index (χ4v) is 2.33. The molecule has 0 spiro atoms. The third-order valence-electron chi connectivity index (χ3n) is 3.65. The van der Waals surface area contributed by atoms with Crippen molar-refractivity contribution in [1.82, 2.24) is 19.9 Å². The van der Waals surface area contributed by atoms with E-state index in [-0.39, 0.29) is 0 Å². The second-order valence-corrected chi connectivity index (χ2v) is 5.49. The van der Waals surface area contributed by atoms with Crippen LogP contribution in [0.5, 0.6) is 6.01 Å². The molecule has 7 heteroatoms. The van der Waals surface area contributed by atoms with Gasteiger partial charge in [-0.15, -0.1) is 0 Å². The van der Waals surface area contributed by atoms with Gasteiger partial charge in [0.1, 0.15) is 0 Å². The topological polar surface area (TPSA) is 66.4 Å². The number of ether oxygens (including phenoxy) is 1. The summed E-state index contributed by atoms with van der Waals surface area (Å²) in [6.45, 7) is 11.3. The van der Waals surface area contributed by atoms with Gasteiger partial charge in [-0.1, -0.05) is 6.92 Å². The van der Waals surface area contributed by atoms with Crippen molar-refractivity contribution < 1.29 is 4.74 Å². The fraction of sp³-hybridized carbons (Fsp3) is 0.786. The first-order valence-corrected chi connectivity index (χ1v) is 7.67. The summed E-state index contributed by atoms with van der Waals surface area (Å²) in [4.78, 5) is 17.8. The molecule has 0 bridgehead atoms. The van der Waals surface area contributed by atoms with E-state index < -0.39 is 0 Å². The molecule has 0 radical (unpaired) electrons. The molecule has 1 saturated heterocycles. The third-order valence-corrected chi connectivity index (χ3v) is 3.65. The minimum atomic E-state index is 0.366. The number of aromatic nitrogens is 3. The molecule has 0 saturated carbocycles. The van der Waals surface area contributed by atoms with Crippen LogP contribution in [0.3, 0.4) is 0 Å². The summed E-state index contributed by atoms with van der Waals surface area (Å²) < 4.78 is 5.19. The smallest absolute Gasteiger partial charge is 0.322 e. The molecule has 1 aromatic heterocycles. The molecule has 1 aromatic rings. The van der Waals surface area contributed by atoms with E-state index in [1.54, 1.807) is 7.11 Å². The molecule has 1 fully saturated rings. The molecule has 2 heterocycles. The molecule has 0 aromatic carbocycles. The highest BCUT2D eigenvalue weighted by atomic mass is 16.5. The highest BCUT2D eigenvalue weighted by Gasteiger charge is 2.21.